The Morgan fingerprint density at radius 2 is 1.74 bits per heavy atom. The SMILES string of the molecule is Cc1nn(C)c2c(-n3c([C@H](Cc4cc(F)cc(F)c4)NC(=O)Cn4nc(C(F)F)c5c4C(F)(F)C4CC54)nc4cc(C5CCN(C)CC5)ccc4c3=O)ccc(Cl)c12. The van der Waals surface area contributed by atoms with Gasteiger partial charge in [0.25, 0.3) is 17.9 Å². The highest BCUT2D eigenvalue weighted by atomic mass is 35.5. The van der Waals surface area contributed by atoms with Crippen LogP contribution in [0.2, 0.25) is 5.02 Å². The number of aryl methyl sites for hydroxylation is 2. The van der Waals surface area contributed by atoms with Gasteiger partial charge in [0.15, 0.2) is 0 Å². The molecule has 3 atom stereocenters. The summed E-state index contributed by atoms with van der Waals surface area (Å²) in [7, 11) is 3.72. The maximum atomic E-state index is 15.5. The summed E-state index contributed by atoms with van der Waals surface area (Å²) in [5.41, 5.74) is 0.366. The number of rotatable bonds is 9. The molecule has 2 aliphatic carbocycles. The summed E-state index contributed by atoms with van der Waals surface area (Å²) < 4.78 is 92.0. The van der Waals surface area contributed by atoms with Crippen LogP contribution in [0.4, 0.5) is 26.3 Å². The van der Waals surface area contributed by atoms with Crippen LogP contribution in [0.3, 0.4) is 0 Å². The molecule has 1 saturated heterocycles. The van der Waals surface area contributed by atoms with Crippen LogP contribution in [-0.4, -0.2) is 60.1 Å². The summed E-state index contributed by atoms with van der Waals surface area (Å²) in [6, 6.07) is 10.1. The van der Waals surface area contributed by atoms with Crippen LogP contribution in [-0.2, 0) is 30.7 Å². The highest BCUT2D eigenvalue weighted by molar-refractivity contribution is 6.36. The third-order valence-electron chi connectivity index (χ3n) is 11.9. The van der Waals surface area contributed by atoms with Crippen molar-refractivity contribution in [2.24, 2.45) is 13.0 Å². The van der Waals surface area contributed by atoms with Crippen LogP contribution in [0.1, 0.15) is 83.2 Å². The van der Waals surface area contributed by atoms with Crippen LogP contribution in [0.15, 0.2) is 53.3 Å². The van der Waals surface area contributed by atoms with Crippen LogP contribution < -0.4 is 10.9 Å². The van der Waals surface area contributed by atoms with Crippen molar-refractivity contribution in [3.63, 3.8) is 0 Å². The average molecular weight is 823 g/mol. The number of halogens is 7. The summed E-state index contributed by atoms with van der Waals surface area (Å²) in [4.78, 5) is 36.3. The zero-order chi connectivity index (χ0) is 40.9. The molecule has 0 radical (unpaired) electrons. The second-order valence-corrected chi connectivity index (χ2v) is 16.2. The van der Waals surface area contributed by atoms with Gasteiger partial charge in [-0.05, 0) is 106 Å². The first kappa shape index (κ1) is 38.3. The summed E-state index contributed by atoms with van der Waals surface area (Å²) in [6.07, 6.45) is -1.67. The lowest BCUT2D eigenvalue weighted by Crippen LogP contribution is -2.38. The second kappa shape index (κ2) is 14.0. The Morgan fingerprint density at radius 1 is 1.02 bits per heavy atom. The van der Waals surface area contributed by atoms with Gasteiger partial charge in [0, 0.05) is 36.4 Å². The molecule has 0 spiro atoms. The minimum Gasteiger partial charge on any atom is -0.344 e. The number of aromatic nitrogens is 6. The molecular formula is C41H37ClF6N8O2. The van der Waals surface area contributed by atoms with Gasteiger partial charge in [-0.15, -0.1) is 0 Å². The number of benzene rings is 3. The topological polar surface area (TPSA) is 103 Å². The predicted molar refractivity (Wildman–Crippen MR) is 204 cm³/mol. The average Bonchev–Trinajstić information content (AvgIpc) is 3.71. The molecule has 0 bridgehead atoms. The molecule has 1 amide bonds. The largest absolute Gasteiger partial charge is 0.344 e. The fraction of sp³-hybridized carbons (Fsp3) is 0.390. The van der Waals surface area contributed by atoms with Crippen molar-refractivity contribution in [1.29, 1.82) is 0 Å². The van der Waals surface area contributed by atoms with Crippen molar-refractivity contribution in [3.8, 4) is 5.69 Å². The van der Waals surface area contributed by atoms with E-state index in [1.807, 2.05) is 12.1 Å². The fourth-order valence-electron chi connectivity index (χ4n) is 9.14. The van der Waals surface area contributed by atoms with Gasteiger partial charge in [-0.2, -0.15) is 19.0 Å². The van der Waals surface area contributed by atoms with E-state index >= 15 is 8.78 Å². The molecule has 1 N–H and O–H groups in total. The van der Waals surface area contributed by atoms with E-state index in [1.54, 1.807) is 36.9 Å². The molecule has 1 saturated carbocycles. The summed E-state index contributed by atoms with van der Waals surface area (Å²) in [6.45, 7) is 2.63. The molecule has 2 fully saturated rings. The van der Waals surface area contributed by atoms with E-state index in [0.29, 0.717) is 37.9 Å². The highest BCUT2D eigenvalue weighted by Gasteiger charge is 2.67. The van der Waals surface area contributed by atoms with Crippen molar-refractivity contribution in [2.45, 2.75) is 69.4 Å². The number of alkyl halides is 4. The molecule has 6 aromatic rings. The van der Waals surface area contributed by atoms with Crippen LogP contribution in [0.25, 0.3) is 27.5 Å². The van der Waals surface area contributed by atoms with E-state index in [4.69, 9.17) is 16.6 Å². The summed E-state index contributed by atoms with van der Waals surface area (Å²) in [5.74, 6) is -8.01. The first-order chi connectivity index (χ1) is 27.6. The van der Waals surface area contributed by atoms with Gasteiger partial charge in [0.1, 0.15) is 35.4 Å². The van der Waals surface area contributed by atoms with Crippen molar-refractivity contribution < 1.29 is 31.1 Å². The number of fused-ring (bicyclic) bond motifs is 5. The van der Waals surface area contributed by atoms with E-state index in [9.17, 15) is 27.2 Å². The Labute approximate surface area is 332 Å². The van der Waals surface area contributed by atoms with E-state index in [1.165, 1.54) is 4.57 Å². The van der Waals surface area contributed by atoms with E-state index in [-0.39, 0.29) is 46.8 Å². The molecule has 10 nitrogen and oxygen atoms in total. The Hall–Kier alpha value is -5.22. The predicted octanol–water partition coefficient (Wildman–Crippen LogP) is 7.76. The maximum absolute atomic E-state index is 15.5. The standard InChI is InChI=1S/C41H37ClF6N8O2/c1-19-33-28(42)6-7-31(36(33)54(3)51-19)56-39(50-29-15-22(4-5-25(29)40(56)58)21-8-10-53(2)11-9-21)30(14-20-12-23(43)16-24(44)13-20)49-32(57)18-55-37-34(35(52-55)38(45)46)26-17-27(26)41(37,47)48/h4-7,12-13,15-16,21,26-27,30,38H,8-11,14,17-18H2,1-3H3,(H,49,57)/t26?,27?,30-/m0/s1. The molecule has 3 aromatic heterocycles. The number of carbonyl (C=O) groups excluding carboxylic acids is 1. The lowest BCUT2D eigenvalue weighted by molar-refractivity contribution is -0.123. The normalized spacial score (nSPS) is 19.6. The second-order valence-electron chi connectivity index (χ2n) is 15.7. The zero-order valence-corrected chi connectivity index (χ0v) is 32.3. The van der Waals surface area contributed by atoms with Crippen molar-refractivity contribution in [2.75, 3.05) is 20.1 Å². The lowest BCUT2D eigenvalue weighted by Gasteiger charge is -2.29. The van der Waals surface area contributed by atoms with Crippen molar-refractivity contribution in [1.82, 2.24) is 39.3 Å². The van der Waals surface area contributed by atoms with E-state index in [2.05, 4.69) is 27.5 Å². The number of likely N-dealkylation sites (tertiary alicyclic amines) is 1. The van der Waals surface area contributed by atoms with Crippen LogP contribution >= 0.6 is 11.6 Å². The fourth-order valence-corrected chi connectivity index (χ4v) is 9.43. The van der Waals surface area contributed by atoms with Gasteiger partial charge in [-0.3, -0.25) is 23.5 Å². The van der Waals surface area contributed by atoms with Crippen LogP contribution in [0, 0.1) is 24.5 Å². The molecule has 17 heteroatoms. The lowest BCUT2D eigenvalue weighted by atomic mass is 9.89. The monoisotopic (exact) mass is 822 g/mol. The van der Waals surface area contributed by atoms with Crippen LogP contribution in [0.5, 0.6) is 0 Å². The van der Waals surface area contributed by atoms with E-state index in [0.717, 1.165) is 43.6 Å². The Balaban J connectivity index is 1.22. The Kier molecular flexibility index (Phi) is 9.22. The van der Waals surface area contributed by atoms with E-state index < -0.39 is 71.3 Å². The number of carbonyl (C=O) groups is 1. The number of piperidine rings is 1. The molecular weight excluding hydrogens is 786 g/mol. The minimum atomic E-state index is -3.48. The molecule has 9 rings (SSSR count). The van der Waals surface area contributed by atoms with Crippen molar-refractivity contribution >= 4 is 39.3 Å². The minimum absolute atomic E-state index is 0.0443. The molecule has 3 aliphatic rings. The highest BCUT2D eigenvalue weighted by Crippen LogP contribution is 2.68. The summed E-state index contributed by atoms with van der Waals surface area (Å²) >= 11 is 6.65. The third kappa shape index (κ3) is 6.35. The number of nitrogens with one attached hydrogen (secondary N) is 1. The number of amides is 1. The molecule has 58 heavy (non-hydrogen) atoms. The first-order valence-electron chi connectivity index (χ1n) is 19.0. The zero-order valence-electron chi connectivity index (χ0n) is 31.5. The molecule has 3 aromatic carbocycles. The number of hydrogen-bond donors (Lipinski definition) is 1. The summed E-state index contributed by atoms with van der Waals surface area (Å²) in [5, 5.41) is 12.2. The number of hydrogen-bond acceptors (Lipinski definition) is 6. The van der Waals surface area contributed by atoms with Crippen molar-refractivity contribution in [3.05, 3.63) is 115 Å². The van der Waals surface area contributed by atoms with Gasteiger partial charge in [-0.1, -0.05) is 17.7 Å². The van der Waals surface area contributed by atoms with Gasteiger partial charge in [0.05, 0.1) is 38.9 Å². The smallest absolute Gasteiger partial charge is 0.293 e. The maximum Gasteiger partial charge on any atom is 0.293 e. The molecule has 302 valence electrons. The van der Waals surface area contributed by atoms with Gasteiger partial charge >= 0.3 is 0 Å². The first-order valence-corrected chi connectivity index (χ1v) is 19.4. The molecule has 1 aliphatic heterocycles. The Morgan fingerprint density at radius 3 is 2.45 bits per heavy atom. The van der Waals surface area contributed by atoms with Gasteiger partial charge < -0.3 is 10.2 Å². The molecule has 2 unspecified atom stereocenters. The quantitative estimate of drug-likeness (QED) is 0.150. The molecule has 4 heterocycles. The third-order valence-corrected chi connectivity index (χ3v) is 12.2. The Bertz CT molecular complexity index is 2700. The number of nitrogens with zero attached hydrogens (tertiary/aromatic N) is 7. The van der Waals surface area contributed by atoms with Gasteiger partial charge in [-0.25, -0.2) is 22.5 Å². The van der Waals surface area contributed by atoms with Gasteiger partial charge in [0.2, 0.25) is 5.91 Å².